The van der Waals surface area contributed by atoms with Crippen LogP contribution in [0.3, 0.4) is 0 Å². The number of amides is 1. The van der Waals surface area contributed by atoms with Gasteiger partial charge in [-0.15, -0.1) is 0 Å². The van der Waals surface area contributed by atoms with E-state index in [2.05, 4.69) is 10.2 Å². The summed E-state index contributed by atoms with van der Waals surface area (Å²) >= 11 is 0. The number of carbonyl (C=O) groups excluding carboxylic acids is 1. The third-order valence-electron chi connectivity index (χ3n) is 4.95. The van der Waals surface area contributed by atoms with Gasteiger partial charge in [-0.3, -0.25) is 9.69 Å². The van der Waals surface area contributed by atoms with Crippen LogP contribution in [0.25, 0.3) is 0 Å². The summed E-state index contributed by atoms with van der Waals surface area (Å²) in [6.07, 6.45) is 2.52. The number of carbonyl (C=O) groups is 1. The molecule has 0 radical (unpaired) electrons. The lowest BCUT2D eigenvalue weighted by Crippen LogP contribution is -2.48. The first-order chi connectivity index (χ1) is 11.2. The lowest BCUT2D eigenvalue weighted by molar-refractivity contribution is -0.124. The van der Waals surface area contributed by atoms with Gasteiger partial charge >= 0.3 is 0 Å². The van der Waals surface area contributed by atoms with Gasteiger partial charge in [-0.05, 0) is 31.4 Å². The number of benzene rings is 1. The molecule has 1 aromatic carbocycles. The molecule has 0 saturated carbocycles. The van der Waals surface area contributed by atoms with Gasteiger partial charge in [0.2, 0.25) is 5.91 Å². The van der Waals surface area contributed by atoms with Crippen molar-refractivity contribution in [2.45, 2.75) is 38.0 Å². The third kappa shape index (κ3) is 4.31. The van der Waals surface area contributed by atoms with E-state index in [-0.39, 0.29) is 24.0 Å². The molecule has 0 bridgehead atoms. The third-order valence-corrected chi connectivity index (χ3v) is 4.95. The minimum Gasteiger partial charge on any atom is -0.393 e. The van der Waals surface area contributed by atoms with E-state index in [9.17, 15) is 9.90 Å². The smallest absolute Gasteiger partial charge is 0.234 e. The van der Waals surface area contributed by atoms with E-state index in [4.69, 9.17) is 4.74 Å². The number of nitrogens with one attached hydrogen (secondary N) is 1. The van der Waals surface area contributed by atoms with Crippen molar-refractivity contribution in [3.8, 4) is 0 Å². The molecular weight excluding hydrogens is 292 g/mol. The fourth-order valence-electron chi connectivity index (χ4n) is 3.69. The Morgan fingerprint density at radius 2 is 2.13 bits per heavy atom. The fourth-order valence-corrected chi connectivity index (χ4v) is 3.69. The molecule has 0 unspecified atom stereocenters. The summed E-state index contributed by atoms with van der Waals surface area (Å²) in [6, 6.07) is 10.2. The number of likely N-dealkylation sites (tertiary alicyclic amines) is 1. The van der Waals surface area contributed by atoms with Crippen molar-refractivity contribution >= 4 is 5.91 Å². The highest BCUT2D eigenvalue weighted by Crippen LogP contribution is 2.29. The van der Waals surface area contributed by atoms with Crippen LogP contribution in [0.1, 0.15) is 24.8 Å². The maximum absolute atomic E-state index is 12.2. The average molecular weight is 318 g/mol. The number of nitrogens with zero attached hydrogens (tertiary/aromatic N) is 1. The van der Waals surface area contributed by atoms with E-state index < -0.39 is 0 Å². The zero-order valence-corrected chi connectivity index (χ0v) is 13.5. The van der Waals surface area contributed by atoms with Crippen LogP contribution in [0.4, 0.5) is 0 Å². The van der Waals surface area contributed by atoms with Crippen molar-refractivity contribution in [1.29, 1.82) is 0 Å². The van der Waals surface area contributed by atoms with E-state index in [1.54, 1.807) is 0 Å². The van der Waals surface area contributed by atoms with Crippen LogP contribution in [0, 0.1) is 5.92 Å². The van der Waals surface area contributed by atoms with Gasteiger partial charge in [0.1, 0.15) is 0 Å². The molecule has 0 spiro atoms. The predicted molar refractivity (Wildman–Crippen MR) is 87.8 cm³/mol. The van der Waals surface area contributed by atoms with Crippen molar-refractivity contribution in [1.82, 2.24) is 10.2 Å². The molecule has 2 N–H and O–H groups in total. The Bertz CT molecular complexity index is 508. The summed E-state index contributed by atoms with van der Waals surface area (Å²) in [6.45, 7) is 3.14. The standard InChI is InChI=1S/C18H26N2O3/c21-17-8-10-23-13-15(17)16-7-4-9-20(16)12-18(22)19-11-14-5-2-1-3-6-14/h1-3,5-6,15-17,21H,4,7-13H2,(H,19,22)/t15-,16-,17+/m1/s1. The zero-order chi connectivity index (χ0) is 16.1. The lowest BCUT2D eigenvalue weighted by Gasteiger charge is -2.36. The maximum Gasteiger partial charge on any atom is 0.234 e. The minimum atomic E-state index is -0.304. The second-order valence-corrected chi connectivity index (χ2v) is 6.54. The van der Waals surface area contributed by atoms with Crippen LogP contribution in [-0.2, 0) is 16.1 Å². The molecule has 2 fully saturated rings. The quantitative estimate of drug-likeness (QED) is 0.855. The Balaban J connectivity index is 1.50. The number of hydrogen-bond acceptors (Lipinski definition) is 4. The summed E-state index contributed by atoms with van der Waals surface area (Å²) in [5, 5.41) is 13.2. The van der Waals surface area contributed by atoms with E-state index in [0.717, 1.165) is 24.9 Å². The molecular formula is C18H26N2O3. The summed E-state index contributed by atoms with van der Waals surface area (Å²) in [4.78, 5) is 14.4. The van der Waals surface area contributed by atoms with Gasteiger partial charge in [0, 0.05) is 25.1 Å². The maximum atomic E-state index is 12.2. The number of hydrogen-bond donors (Lipinski definition) is 2. The molecule has 3 atom stereocenters. The van der Waals surface area contributed by atoms with Crippen LogP contribution in [0.5, 0.6) is 0 Å². The summed E-state index contributed by atoms with van der Waals surface area (Å²) < 4.78 is 5.54. The monoisotopic (exact) mass is 318 g/mol. The van der Waals surface area contributed by atoms with Gasteiger partial charge < -0.3 is 15.2 Å². The molecule has 0 aliphatic carbocycles. The zero-order valence-electron chi connectivity index (χ0n) is 13.5. The van der Waals surface area contributed by atoms with E-state index in [1.165, 1.54) is 0 Å². The number of aliphatic hydroxyl groups is 1. The Morgan fingerprint density at radius 1 is 1.30 bits per heavy atom. The van der Waals surface area contributed by atoms with Crippen molar-refractivity contribution < 1.29 is 14.6 Å². The lowest BCUT2D eigenvalue weighted by atomic mass is 9.89. The topological polar surface area (TPSA) is 61.8 Å². The Labute approximate surface area is 137 Å². The highest BCUT2D eigenvalue weighted by atomic mass is 16.5. The number of rotatable bonds is 5. The Morgan fingerprint density at radius 3 is 2.91 bits per heavy atom. The van der Waals surface area contributed by atoms with Crippen molar-refractivity contribution in [2.24, 2.45) is 5.92 Å². The van der Waals surface area contributed by atoms with Crippen LogP contribution >= 0.6 is 0 Å². The van der Waals surface area contributed by atoms with Crippen molar-refractivity contribution in [3.05, 3.63) is 35.9 Å². The van der Waals surface area contributed by atoms with E-state index in [0.29, 0.717) is 32.7 Å². The first kappa shape index (κ1) is 16.4. The SMILES string of the molecule is O=C(CN1CCC[C@@H]1[C@H]1COCC[C@@H]1O)NCc1ccccc1. The Hall–Kier alpha value is -1.43. The second-order valence-electron chi connectivity index (χ2n) is 6.54. The van der Waals surface area contributed by atoms with Crippen molar-refractivity contribution in [2.75, 3.05) is 26.3 Å². The Kier molecular flexibility index (Phi) is 5.65. The first-order valence-corrected chi connectivity index (χ1v) is 8.54. The van der Waals surface area contributed by atoms with Crippen LogP contribution in [0.15, 0.2) is 30.3 Å². The molecule has 2 aliphatic heterocycles. The molecule has 23 heavy (non-hydrogen) atoms. The van der Waals surface area contributed by atoms with Crippen molar-refractivity contribution in [3.63, 3.8) is 0 Å². The van der Waals surface area contributed by atoms with Crippen LogP contribution < -0.4 is 5.32 Å². The largest absolute Gasteiger partial charge is 0.393 e. The van der Waals surface area contributed by atoms with Gasteiger partial charge in [0.05, 0.1) is 19.3 Å². The molecule has 1 amide bonds. The fraction of sp³-hybridized carbons (Fsp3) is 0.611. The second kappa shape index (κ2) is 7.90. The molecule has 2 heterocycles. The molecule has 5 heteroatoms. The van der Waals surface area contributed by atoms with Gasteiger partial charge in [0.15, 0.2) is 0 Å². The van der Waals surface area contributed by atoms with Gasteiger partial charge in [-0.1, -0.05) is 30.3 Å². The molecule has 0 aromatic heterocycles. The normalized spacial score (nSPS) is 28.7. The van der Waals surface area contributed by atoms with Gasteiger partial charge in [0.25, 0.3) is 0 Å². The summed E-state index contributed by atoms with van der Waals surface area (Å²) in [5.41, 5.74) is 1.11. The highest BCUT2D eigenvalue weighted by Gasteiger charge is 2.37. The van der Waals surface area contributed by atoms with E-state index >= 15 is 0 Å². The van der Waals surface area contributed by atoms with Gasteiger partial charge in [-0.2, -0.15) is 0 Å². The number of aliphatic hydroxyl groups excluding tert-OH is 1. The van der Waals surface area contributed by atoms with Gasteiger partial charge in [-0.25, -0.2) is 0 Å². The van der Waals surface area contributed by atoms with E-state index in [1.807, 2.05) is 30.3 Å². The average Bonchev–Trinajstić information content (AvgIpc) is 3.02. The summed E-state index contributed by atoms with van der Waals surface area (Å²) in [7, 11) is 0. The highest BCUT2D eigenvalue weighted by molar-refractivity contribution is 5.78. The molecule has 1 aromatic rings. The molecule has 2 aliphatic rings. The predicted octanol–water partition coefficient (Wildman–Crippen LogP) is 1.16. The molecule has 2 saturated heterocycles. The molecule has 3 rings (SSSR count). The molecule has 126 valence electrons. The summed E-state index contributed by atoms with van der Waals surface area (Å²) in [5.74, 6) is 0.181. The molecule has 5 nitrogen and oxygen atoms in total. The number of ether oxygens (including phenoxy) is 1. The first-order valence-electron chi connectivity index (χ1n) is 8.54. The van der Waals surface area contributed by atoms with Crippen LogP contribution in [0.2, 0.25) is 0 Å². The minimum absolute atomic E-state index is 0.0481. The van der Waals surface area contributed by atoms with Crippen LogP contribution in [-0.4, -0.2) is 54.4 Å².